The number of nitrogens with zero attached hydrogens (tertiary/aromatic N) is 1. The molecule has 2 N–H and O–H groups in total. The van der Waals surface area contributed by atoms with Gasteiger partial charge in [-0.25, -0.2) is 12.8 Å². The number of nitrogens with two attached hydrogens (primary N) is 1. The summed E-state index contributed by atoms with van der Waals surface area (Å²) in [5.41, 5.74) is 7.96. The largest absolute Gasteiger partial charge is 0.326 e. The molecule has 0 spiro atoms. The molecule has 0 amide bonds. The minimum Gasteiger partial charge on any atom is -0.326 e. The van der Waals surface area contributed by atoms with Gasteiger partial charge in [-0.1, -0.05) is 30.3 Å². The lowest BCUT2D eigenvalue weighted by Crippen LogP contribution is -2.27. The summed E-state index contributed by atoms with van der Waals surface area (Å²) in [6.07, 6.45) is 0. The van der Waals surface area contributed by atoms with Gasteiger partial charge in [-0.2, -0.15) is 4.31 Å². The van der Waals surface area contributed by atoms with E-state index in [1.807, 2.05) is 24.3 Å². The quantitative estimate of drug-likeness (QED) is 0.943. The zero-order valence-electron chi connectivity index (χ0n) is 11.3. The molecule has 0 saturated heterocycles. The van der Waals surface area contributed by atoms with Crippen molar-refractivity contribution in [3.63, 3.8) is 0 Å². The molecule has 0 fully saturated rings. The van der Waals surface area contributed by atoms with Gasteiger partial charge in [0.2, 0.25) is 10.0 Å². The summed E-state index contributed by atoms with van der Waals surface area (Å²) in [6.45, 7) is 0.660. The lowest BCUT2D eigenvalue weighted by Gasteiger charge is -2.18. The number of rotatable bonds is 3. The van der Waals surface area contributed by atoms with Crippen LogP contribution >= 0.6 is 0 Å². The summed E-state index contributed by atoms with van der Waals surface area (Å²) < 4.78 is 40.3. The molecule has 110 valence electrons. The molecule has 6 heteroatoms. The van der Waals surface area contributed by atoms with E-state index in [0.29, 0.717) is 18.7 Å². The zero-order chi connectivity index (χ0) is 15.0. The summed E-state index contributed by atoms with van der Waals surface area (Å²) in [7, 11) is -3.76. The molecular weight excluding hydrogens is 291 g/mol. The Hall–Kier alpha value is -1.76. The fourth-order valence-electron chi connectivity index (χ4n) is 2.55. The van der Waals surface area contributed by atoms with Crippen molar-refractivity contribution in [1.29, 1.82) is 0 Å². The lowest BCUT2D eigenvalue weighted by atomic mass is 10.1. The second-order valence-corrected chi connectivity index (χ2v) is 6.90. The molecule has 1 heterocycles. The van der Waals surface area contributed by atoms with Crippen molar-refractivity contribution in [3.05, 3.63) is 65.0 Å². The Kier molecular flexibility index (Phi) is 3.52. The van der Waals surface area contributed by atoms with Gasteiger partial charge in [0.05, 0.1) is 4.90 Å². The average molecular weight is 306 g/mol. The van der Waals surface area contributed by atoms with Crippen LogP contribution in [-0.4, -0.2) is 12.7 Å². The number of hydrogen-bond acceptors (Lipinski definition) is 3. The standard InChI is InChI=1S/C15H15FN2O2S/c16-14-6-5-11(8-17)15(7-14)21(19,20)18-9-12-3-1-2-4-13(12)10-18/h1-7H,8-10,17H2. The topological polar surface area (TPSA) is 63.4 Å². The maximum absolute atomic E-state index is 13.4. The average Bonchev–Trinajstić information content (AvgIpc) is 2.92. The smallest absolute Gasteiger partial charge is 0.244 e. The highest BCUT2D eigenvalue weighted by Crippen LogP contribution is 2.30. The molecule has 0 aromatic heterocycles. The van der Waals surface area contributed by atoms with Gasteiger partial charge in [0, 0.05) is 19.6 Å². The normalized spacial score (nSPS) is 15.1. The molecule has 1 aliphatic heterocycles. The van der Waals surface area contributed by atoms with Crippen LogP contribution in [-0.2, 0) is 29.7 Å². The Bertz CT molecular complexity index is 765. The first-order valence-corrected chi connectivity index (χ1v) is 8.02. The highest BCUT2D eigenvalue weighted by molar-refractivity contribution is 7.89. The molecule has 0 unspecified atom stereocenters. The fraction of sp³-hybridized carbons (Fsp3) is 0.200. The van der Waals surface area contributed by atoms with Gasteiger partial charge in [0.1, 0.15) is 5.82 Å². The number of sulfonamides is 1. The molecule has 3 rings (SSSR count). The van der Waals surface area contributed by atoms with Crippen molar-refractivity contribution >= 4 is 10.0 Å². The Labute approximate surface area is 123 Å². The highest BCUT2D eigenvalue weighted by Gasteiger charge is 2.31. The van der Waals surface area contributed by atoms with E-state index in [-0.39, 0.29) is 11.4 Å². The summed E-state index contributed by atoms with van der Waals surface area (Å²) in [6, 6.07) is 11.2. The maximum Gasteiger partial charge on any atom is 0.244 e. The van der Waals surface area contributed by atoms with E-state index in [4.69, 9.17) is 5.73 Å². The molecule has 2 aromatic rings. The molecular formula is C15H15FN2O2S. The summed E-state index contributed by atoms with van der Waals surface area (Å²) in [4.78, 5) is -0.0437. The van der Waals surface area contributed by atoms with Crippen molar-refractivity contribution in [2.45, 2.75) is 24.5 Å². The molecule has 0 atom stereocenters. The monoisotopic (exact) mass is 306 g/mol. The van der Waals surface area contributed by atoms with Gasteiger partial charge < -0.3 is 5.73 Å². The van der Waals surface area contributed by atoms with Crippen LogP contribution in [0.15, 0.2) is 47.4 Å². The van der Waals surface area contributed by atoms with Gasteiger partial charge in [0.15, 0.2) is 0 Å². The van der Waals surface area contributed by atoms with Crippen LogP contribution in [0.2, 0.25) is 0 Å². The van der Waals surface area contributed by atoms with Crippen molar-refractivity contribution < 1.29 is 12.8 Å². The predicted octanol–water partition coefficient (Wildman–Crippen LogP) is 1.99. The molecule has 21 heavy (non-hydrogen) atoms. The Morgan fingerprint density at radius 2 is 1.71 bits per heavy atom. The van der Waals surface area contributed by atoms with E-state index >= 15 is 0 Å². The Morgan fingerprint density at radius 1 is 1.10 bits per heavy atom. The van der Waals surface area contributed by atoms with E-state index in [1.165, 1.54) is 16.4 Å². The van der Waals surface area contributed by atoms with Crippen LogP contribution in [0.4, 0.5) is 4.39 Å². The highest BCUT2D eigenvalue weighted by atomic mass is 32.2. The second-order valence-electron chi connectivity index (χ2n) is 5.00. The lowest BCUT2D eigenvalue weighted by molar-refractivity contribution is 0.430. The van der Waals surface area contributed by atoms with Crippen molar-refractivity contribution in [3.8, 4) is 0 Å². The summed E-state index contributed by atoms with van der Waals surface area (Å²) in [5, 5.41) is 0. The Morgan fingerprint density at radius 3 is 2.29 bits per heavy atom. The van der Waals surface area contributed by atoms with E-state index in [2.05, 4.69) is 0 Å². The molecule has 4 nitrogen and oxygen atoms in total. The van der Waals surface area contributed by atoms with Crippen LogP contribution in [0, 0.1) is 5.82 Å². The zero-order valence-corrected chi connectivity index (χ0v) is 12.1. The van der Waals surface area contributed by atoms with Gasteiger partial charge in [-0.05, 0) is 28.8 Å². The maximum atomic E-state index is 13.4. The van der Waals surface area contributed by atoms with E-state index in [1.54, 1.807) is 0 Å². The van der Waals surface area contributed by atoms with Gasteiger partial charge in [-0.3, -0.25) is 0 Å². The van der Waals surface area contributed by atoms with Gasteiger partial charge >= 0.3 is 0 Å². The first kappa shape index (κ1) is 14.2. The predicted molar refractivity (Wildman–Crippen MR) is 77.2 cm³/mol. The van der Waals surface area contributed by atoms with Gasteiger partial charge in [-0.15, -0.1) is 0 Å². The summed E-state index contributed by atoms with van der Waals surface area (Å²) in [5.74, 6) is -0.581. The SMILES string of the molecule is NCc1ccc(F)cc1S(=O)(=O)N1Cc2ccccc2C1. The van der Waals surface area contributed by atoms with Gasteiger partial charge in [0.25, 0.3) is 0 Å². The van der Waals surface area contributed by atoms with E-state index in [9.17, 15) is 12.8 Å². The van der Waals surface area contributed by atoms with E-state index < -0.39 is 15.8 Å². The number of hydrogen-bond donors (Lipinski definition) is 1. The van der Waals surface area contributed by atoms with Crippen LogP contribution in [0.3, 0.4) is 0 Å². The molecule has 0 radical (unpaired) electrons. The fourth-order valence-corrected chi connectivity index (χ4v) is 4.19. The molecule has 0 saturated carbocycles. The number of benzene rings is 2. The van der Waals surface area contributed by atoms with Crippen molar-refractivity contribution in [2.75, 3.05) is 0 Å². The first-order valence-electron chi connectivity index (χ1n) is 6.58. The summed E-state index contributed by atoms with van der Waals surface area (Å²) >= 11 is 0. The minimum atomic E-state index is -3.76. The number of halogens is 1. The third-order valence-corrected chi connectivity index (χ3v) is 5.55. The van der Waals surface area contributed by atoms with Crippen molar-refractivity contribution in [1.82, 2.24) is 4.31 Å². The van der Waals surface area contributed by atoms with E-state index in [0.717, 1.165) is 17.2 Å². The third-order valence-electron chi connectivity index (χ3n) is 3.68. The van der Waals surface area contributed by atoms with Crippen LogP contribution in [0.1, 0.15) is 16.7 Å². The van der Waals surface area contributed by atoms with Crippen LogP contribution in [0.5, 0.6) is 0 Å². The molecule has 2 aromatic carbocycles. The molecule has 0 bridgehead atoms. The molecule has 1 aliphatic rings. The Balaban J connectivity index is 2.02. The first-order chi connectivity index (χ1) is 10.0. The van der Waals surface area contributed by atoms with Crippen LogP contribution in [0.25, 0.3) is 0 Å². The molecule has 0 aliphatic carbocycles. The van der Waals surface area contributed by atoms with Crippen LogP contribution < -0.4 is 5.73 Å². The van der Waals surface area contributed by atoms with Crippen molar-refractivity contribution in [2.24, 2.45) is 5.73 Å². The number of fused-ring (bicyclic) bond motifs is 1. The third kappa shape index (κ3) is 2.46. The minimum absolute atomic E-state index is 0.0437. The second kappa shape index (κ2) is 5.22.